The number of para-hydroxylation sites is 1. The Morgan fingerprint density at radius 2 is 2.06 bits per heavy atom. The van der Waals surface area contributed by atoms with E-state index in [1.165, 1.54) is 6.07 Å². The molecule has 2 aromatic rings. The number of aryl methyl sites for hydroxylation is 1. The summed E-state index contributed by atoms with van der Waals surface area (Å²) >= 11 is 3.40. The summed E-state index contributed by atoms with van der Waals surface area (Å²) < 4.78 is 14.2. The lowest BCUT2D eigenvalue weighted by Gasteiger charge is -2.11. The Hall–Kier alpha value is -1.55. The summed E-state index contributed by atoms with van der Waals surface area (Å²) in [7, 11) is 0. The van der Waals surface area contributed by atoms with Gasteiger partial charge in [0.05, 0.1) is 0 Å². The maximum atomic E-state index is 13.2. The van der Waals surface area contributed by atoms with E-state index in [4.69, 9.17) is 0 Å². The number of aromatic hydroxyl groups is 1. The van der Waals surface area contributed by atoms with Crippen molar-refractivity contribution >= 4 is 21.6 Å². The molecule has 0 saturated heterocycles. The molecule has 2 N–H and O–H groups in total. The lowest BCUT2D eigenvalue weighted by Crippen LogP contribution is -2.01. The van der Waals surface area contributed by atoms with E-state index in [1.54, 1.807) is 12.1 Å². The Morgan fingerprint density at radius 1 is 1.28 bits per heavy atom. The van der Waals surface area contributed by atoms with Gasteiger partial charge in [0.2, 0.25) is 0 Å². The molecule has 0 fully saturated rings. The molecule has 0 bridgehead atoms. The lowest BCUT2D eigenvalue weighted by atomic mass is 10.1. The maximum absolute atomic E-state index is 13.2. The minimum atomic E-state index is -0.596. The third kappa shape index (κ3) is 2.82. The molecule has 2 rings (SSSR count). The average Bonchev–Trinajstić information content (AvgIpc) is 2.33. The van der Waals surface area contributed by atoms with Gasteiger partial charge in [0, 0.05) is 22.3 Å². The largest absolute Gasteiger partial charge is 0.505 e. The average molecular weight is 310 g/mol. The summed E-state index contributed by atoms with van der Waals surface area (Å²) in [6.07, 6.45) is 0. The maximum Gasteiger partial charge on any atom is 0.165 e. The van der Waals surface area contributed by atoms with Crippen molar-refractivity contribution in [3.63, 3.8) is 0 Å². The summed E-state index contributed by atoms with van der Waals surface area (Å²) in [4.78, 5) is 0. The molecule has 0 spiro atoms. The van der Waals surface area contributed by atoms with E-state index >= 15 is 0 Å². The second kappa shape index (κ2) is 5.40. The monoisotopic (exact) mass is 309 g/mol. The van der Waals surface area contributed by atoms with Gasteiger partial charge in [-0.25, -0.2) is 4.39 Å². The molecule has 0 aromatic heterocycles. The van der Waals surface area contributed by atoms with Gasteiger partial charge in [-0.05, 0) is 36.8 Å². The molecule has 0 radical (unpaired) electrons. The molecule has 2 aromatic carbocycles. The highest BCUT2D eigenvalue weighted by atomic mass is 79.9. The molecule has 0 aliphatic heterocycles. The highest BCUT2D eigenvalue weighted by molar-refractivity contribution is 9.10. The first-order valence-corrected chi connectivity index (χ1v) is 6.33. The minimum absolute atomic E-state index is 0.292. The molecule has 0 unspecified atom stereocenters. The Bertz CT molecular complexity index is 572. The van der Waals surface area contributed by atoms with Crippen LogP contribution in [0.1, 0.15) is 11.1 Å². The van der Waals surface area contributed by atoms with Crippen LogP contribution < -0.4 is 5.32 Å². The van der Waals surface area contributed by atoms with Crippen molar-refractivity contribution < 1.29 is 9.50 Å². The van der Waals surface area contributed by atoms with E-state index in [1.807, 2.05) is 25.1 Å². The van der Waals surface area contributed by atoms with Crippen LogP contribution in [-0.2, 0) is 6.54 Å². The first kappa shape index (κ1) is 12.9. The number of halogens is 2. The zero-order valence-corrected chi connectivity index (χ0v) is 11.5. The zero-order chi connectivity index (χ0) is 13.1. The number of anilines is 1. The van der Waals surface area contributed by atoms with Gasteiger partial charge < -0.3 is 10.4 Å². The molecule has 18 heavy (non-hydrogen) atoms. The highest BCUT2D eigenvalue weighted by Gasteiger charge is 2.06. The van der Waals surface area contributed by atoms with Crippen molar-refractivity contribution in [2.24, 2.45) is 0 Å². The molecule has 2 nitrogen and oxygen atoms in total. The van der Waals surface area contributed by atoms with Gasteiger partial charge in [0.15, 0.2) is 11.6 Å². The minimum Gasteiger partial charge on any atom is -0.505 e. The SMILES string of the molecule is Cc1cc(Br)ccc1NCc1cccc(F)c1O. The van der Waals surface area contributed by atoms with Gasteiger partial charge in [0.25, 0.3) is 0 Å². The molecule has 0 saturated carbocycles. The van der Waals surface area contributed by atoms with Crippen molar-refractivity contribution in [2.45, 2.75) is 13.5 Å². The van der Waals surface area contributed by atoms with Crippen LogP contribution in [0.2, 0.25) is 0 Å². The zero-order valence-electron chi connectivity index (χ0n) is 9.87. The lowest BCUT2D eigenvalue weighted by molar-refractivity contribution is 0.427. The normalized spacial score (nSPS) is 10.4. The highest BCUT2D eigenvalue weighted by Crippen LogP contribution is 2.24. The van der Waals surface area contributed by atoms with Crippen LogP contribution in [0, 0.1) is 12.7 Å². The molecule has 94 valence electrons. The molecular formula is C14H13BrFNO. The number of phenolic OH excluding ortho intramolecular Hbond substituents is 1. The smallest absolute Gasteiger partial charge is 0.165 e. The summed E-state index contributed by atoms with van der Waals surface area (Å²) in [6.45, 7) is 2.37. The Kier molecular flexibility index (Phi) is 3.87. The van der Waals surface area contributed by atoms with E-state index in [-0.39, 0.29) is 5.75 Å². The van der Waals surface area contributed by atoms with Gasteiger partial charge in [-0.15, -0.1) is 0 Å². The number of phenols is 1. The van der Waals surface area contributed by atoms with Crippen molar-refractivity contribution in [1.82, 2.24) is 0 Å². The number of nitrogens with one attached hydrogen (secondary N) is 1. The Balaban J connectivity index is 2.14. The predicted octanol–water partition coefficient (Wildman–Crippen LogP) is 4.21. The van der Waals surface area contributed by atoms with Gasteiger partial charge >= 0.3 is 0 Å². The molecule has 0 amide bonds. The molecule has 0 aliphatic rings. The van der Waals surface area contributed by atoms with E-state index in [0.717, 1.165) is 15.7 Å². The van der Waals surface area contributed by atoms with Crippen LogP contribution in [-0.4, -0.2) is 5.11 Å². The third-order valence-corrected chi connectivity index (χ3v) is 3.22. The molecule has 4 heteroatoms. The molecule has 0 atom stereocenters. The fraction of sp³-hybridized carbons (Fsp3) is 0.143. The van der Waals surface area contributed by atoms with Crippen molar-refractivity contribution in [1.29, 1.82) is 0 Å². The molecule has 0 aliphatic carbocycles. The fourth-order valence-corrected chi connectivity index (χ4v) is 2.19. The van der Waals surface area contributed by atoms with Crippen molar-refractivity contribution in [3.05, 3.63) is 57.8 Å². The van der Waals surface area contributed by atoms with Gasteiger partial charge in [0.1, 0.15) is 0 Å². The van der Waals surface area contributed by atoms with Crippen LogP contribution in [0.15, 0.2) is 40.9 Å². The Labute approximate surface area is 114 Å². The quantitative estimate of drug-likeness (QED) is 0.890. The van der Waals surface area contributed by atoms with E-state index in [0.29, 0.717) is 12.1 Å². The Morgan fingerprint density at radius 3 is 2.78 bits per heavy atom. The van der Waals surface area contributed by atoms with Crippen molar-refractivity contribution in [2.75, 3.05) is 5.32 Å². The first-order valence-electron chi connectivity index (χ1n) is 5.54. The molecule has 0 heterocycles. The summed E-state index contributed by atoms with van der Waals surface area (Å²) in [5, 5.41) is 12.7. The number of hydrogen-bond acceptors (Lipinski definition) is 2. The number of benzene rings is 2. The predicted molar refractivity (Wildman–Crippen MR) is 74.3 cm³/mol. The topological polar surface area (TPSA) is 32.3 Å². The van der Waals surface area contributed by atoms with Gasteiger partial charge in [-0.3, -0.25) is 0 Å². The van der Waals surface area contributed by atoms with E-state index in [9.17, 15) is 9.50 Å². The van der Waals surface area contributed by atoms with E-state index in [2.05, 4.69) is 21.2 Å². The summed E-state index contributed by atoms with van der Waals surface area (Å²) in [5.41, 5.74) is 2.58. The van der Waals surface area contributed by atoms with Crippen molar-refractivity contribution in [3.8, 4) is 5.75 Å². The van der Waals surface area contributed by atoms with Gasteiger partial charge in [-0.2, -0.15) is 0 Å². The standard InChI is InChI=1S/C14H13BrFNO/c1-9-7-11(15)5-6-13(9)17-8-10-3-2-4-12(16)14(10)18/h2-7,17-18H,8H2,1H3. The first-order chi connectivity index (χ1) is 8.58. The van der Waals surface area contributed by atoms with Gasteiger partial charge in [-0.1, -0.05) is 28.1 Å². The van der Waals surface area contributed by atoms with Crippen LogP contribution in [0.5, 0.6) is 5.75 Å². The second-order valence-electron chi connectivity index (χ2n) is 4.06. The van der Waals surface area contributed by atoms with Crippen LogP contribution >= 0.6 is 15.9 Å². The summed E-state index contributed by atoms with van der Waals surface area (Å²) in [6, 6.07) is 10.4. The van der Waals surface area contributed by atoms with Crippen LogP contribution in [0.25, 0.3) is 0 Å². The second-order valence-corrected chi connectivity index (χ2v) is 4.98. The third-order valence-electron chi connectivity index (χ3n) is 2.73. The molecular weight excluding hydrogens is 297 g/mol. The van der Waals surface area contributed by atoms with E-state index < -0.39 is 5.82 Å². The number of rotatable bonds is 3. The fourth-order valence-electron chi connectivity index (χ4n) is 1.72. The van der Waals surface area contributed by atoms with Crippen LogP contribution in [0.4, 0.5) is 10.1 Å². The van der Waals surface area contributed by atoms with Crippen LogP contribution in [0.3, 0.4) is 0 Å². The number of hydrogen-bond donors (Lipinski definition) is 2. The summed E-state index contributed by atoms with van der Waals surface area (Å²) in [5.74, 6) is -0.887.